The number of ether oxygens (including phenoxy) is 1. The average molecular weight is 225 g/mol. The molecule has 2 atom stereocenters. The third-order valence-corrected chi connectivity index (χ3v) is 4.43. The van der Waals surface area contributed by atoms with Crippen LogP contribution < -0.4 is 5.73 Å². The largest absolute Gasteiger partial charge is 0.462 e. The van der Waals surface area contributed by atoms with Crippen LogP contribution in [0.5, 0.6) is 0 Å². The van der Waals surface area contributed by atoms with E-state index in [-0.39, 0.29) is 17.5 Å². The van der Waals surface area contributed by atoms with Crippen LogP contribution in [0.3, 0.4) is 0 Å². The molecule has 0 bridgehead atoms. The SMILES string of the molecule is CC1CCCCC1OC(=O)C1(CN)CCC1. The quantitative estimate of drug-likeness (QED) is 0.749. The highest BCUT2D eigenvalue weighted by molar-refractivity contribution is 5.78. The zero-order chi connectivity index (χ0) is 11.6. The molecule has 92 valence electrons. The van der Waals surface area contributed by atoms with Gasteiger partial charge in [0, 0.05) is 6.54 Å². The van der Waals surface area contributed by atoms with Gasteiger partial charge in [-0.1, -0.05) is 19.8 Å². The second-order valence-corrected chi connectivity index (χ2v) is 5.54. The number of nitrogens with two attached hydrogens (primary N) is 1. The van der Waals surface area contributed by atoms with Gasteiger partial charge in [-0.3, -0.25) is 4.79 Å². The monoisotopic (exact) mass is 225 g/mol. The van der Waals surface area contributed by atoms with Gasteiger partial charge in [0.05, 0.1) is 5.41 Å². The van der Waals surface area contributed by atoms with Crippen molar-refractivity contribution in [3.8, 4) is 0 Å². The fourth-order valence-electron chi connectivity index (χ4n) is 2.81. The molecule has 16 heavy (non-hydrogen) atoms. The van der Waals surface area contributed by atoms with Gasteiger partial charge >= 0.3 is 5.97 Å². The van der Waals surface area contributed by atoms with E-state index in [1.807, 2.05) is 0 Å². The molecule has 0 amide bonds. The van der Waals surface area contributed by atoms with Gasteiger partial charge in [-0.15, -0.1) is 0 Å². The molecule has 2 rings (SSSR count). The predicted molar refractivity (Wildman–Crippen MR) is 62.9 cm³/mol. The van der Waals surface area contributed by atoms with Crippen molar-refractivity contribution in [3.63, 3.8) is 0 Å². The third-order valence-electron chi connectivity index (χ3n) is 4.43. The smallest absolute Gasteiger partial charge is 0.313 e. The Morgan fingerprint density at radius 1 is 1.31 bits per heavy atom. The number of rotatable bonds is 3. The highest BCUT2D eigenvalue weighted by Crippen LogP contribution is 2.42. The highest BCUT2D eigenvalue weighted by atomic mass is 16.5. The molecule has 0 aromatic carbocycles. The Morgan fingerprint density at radius 3 is 2.50 bits per heavy atom. The molecule has 0 aliphatic heterocycles. The molecule has 3 heteroatoms. The van der Waals surface area contributed by atoms with Gasteiger partial charge in [-0.05, 0) is 38.0 Å². The van der Waals surface area contributed by atoms with Crippen molar-refractivity contribution >= 4 is 5.97 Å². The van der Waals surface area contributed by atoms with Crippen LogP contribution in [0.4, 0.5) is 0 Å². The highest BCUT2D eigenvalue weighted by Gasteiger charge is 2.45. The molecule has 2 unspecified atom stereocenters. The van der Waals surface area contributed by atoms with E-state index in [1.165, 1.54) is 19.3 Å². The Hall–Kier alpha value is -0.570. The molecule has 2 aliphatic carbocycles. The van der Waals surface area contributed by atoms with E-state index in [9.17, 15) is 4.79 Å². The van der Waals surface area contributed by atoms with E-state index >= 15 is 0 Å². The third kappa shape index (κ3) is 2.10. The van der Waals surface area contributed by atoms with E-state index in [2.05, 4.69) is 6.92 Å². The van der Waals surface area contributed by atoms with Gasteiger partial charge in [0.15, 0.2) is 0 Å². The van der Waals surface area contributed by atoms with Gasteiger partial charge < -0.3 is 10.5 Å². The molecule has 0 saturated heterocycles. The topological polar surface area (TPSA) is 52.3 Å². The van der Waals surface area contributed by atoms with Crippen LogP contribution >= 0.6 is 0 Å². The van der Waals surface area contributed by atoms with Crippen LogP contribution in [0, 0.1) is 11.3 Å². The zero-order valence-corrected chi connectivity index (χ0v) is 10.2. The van der Waals surface area contributed by atoms with E-state index < -0.39 is 0 Å². The molecule has 2 saturated carbocycles. The summed E-state index contributed by atoms with van der Waals surface area (Å²) in [7, 11) is 0. The summed E-state index contributed by atoms with van der Waals surface area (Å²) in [6.45, 7) is 2.64. The first-order valence-corrected chi connectivity index (χ1v) is 6.59. The van der Waals surface area contributed by atoms with Crippen LogP contribution in [0.15, 0.2) is 0 Å². The first-order valence-electron chi connectivity index (χ1n) is 6.59. The molecule has 0 spiro atoms. The number of hydrogen-bond acceptors (Lipinski definition) is 3. The maximum Gasteiger partial charge on any atom is 0.313 e. The Balaban J connectivity index is 1.90. The summed E-state index contributed by atoms with van der Waals surface area (Å²) in [6.07, 6.45) is 7.79. The molecule has 3 nitrogen and oxygen atoms in total. The maximum atomic E-state index is 12.1. The molecule has 0 heterocycles. The van der Waals surface area contributed by atoms with Crippen molar-refractivity contribution in [1.82, 2.24) is 0 Å². The fourth-order valence-corrected chi connectivity index (χ4v) is 2.81. The lowest BCUT2D eigenvalue weighted by Crippen LogP contribution is -2.47. The first-order chi connectivity index (χ1) is 7.68. The first kappa shape index (κ1) is 11.9. The zero-order valence-electron chi connectivity index (χ0n) is 10.2. The summed E-state index contributed by atoms with van der Waals surface area (Å²) < 4.78 is 5.68. The Kier molecular flexibility index (Phi) is 3.53. The van der Waals surface area contributed by atoms with Crippen LogP contribution in [-0.2, 0) is 9.53 Å². The van der Waals surface area contributed by atoms with Crippen LogP contribution in [0.25, 0.3) is 0 Å². The minimum Gasteiger partial charge on any atom is -0.462 e. The van der Waals surface area contributed by atoms with Gasteiger partial charge in [-0.2, -0.15) is 0 Å². The van der Waals surface area contributed by atoms with Crippen LogP contribution in [-0.4, -0.2) is 18.6 Å². The molecular formula is C13H23NO2. The molecule has 0 radical (unpaired) electrons. The number of esters is 1. The van der Waals surface area contributed by atoms with E-state index in [1.54, 1.807) is 0 Å². The Morgan fingerprint density at radius 2 is 2.00 bits per heavy atom. The van der Waals surface area contributed by atoms with Gasteiger partial charge in [0.1, 0.15) is 6.10 Å². The molecule has 2 N–H and O–H groups in total. The summed E-state index contributed by atoms with van der Waals surface area (Å²) in [5, 5.41) is 0. The summed E-state index contributed by atoms with van der Waals surface area (Å²) in [6, 6.07) is 0. The van der Waals surface area contributed by atoms with Gasteiger partial charge in [0.2, 0.25) is 0 Å². The molecule has 0 aromatic heterocycles. The van der Waals surface area contributed by atoms with Crippen molar-refractivity contribution in [3.05, 3.63) is 0 Å². The lowest BCUT2D eigenvalue weighted by molar-refractivity contribution is -0.170. The lowest BCUT2D eigenvalue weighted by Gasteiger charge is -2.40. The Labute approximate surface area is 97.7 Å². The summed E-state index contributed by atoms with van der Waals surface area (Å²) in [5.41, 5.74) is 5.39. The second kappa shape index (κ2) is 4.74. The van der Waals surface area contributed by atoms with Crippen LogP contribution in [0.1, 0.15) is 51.9 Å². The fraction of sp³-hybridized carbons (Fsp3) is 0.923. The minimum absolute atomic E-state index is 0.0278. The maximum absolute atomic E-state index is 12.1. The number of hydrogen-bond donors (Lipinski definition) is 1. The van der Waals surface area contributed by atoms with Crippen molar-refractivity contribution < 1.29 is 9.53 Å². The van der Waals surface area contributed by atoms with E-state index in [0.717, 1.165) is 25.7 Å². The standard InChI is InChI=1S/C13H23NO2/c1-10-5-2-3-6-11(10)16-12(15)13(9-14)7-4-8-13/h10-11H,2-9,14H2,1H3. The van der Waals surface area contributed by atoms with E-state index in [0.29, 0.717) is 12.5 Å². The van der Waals surface area contributed by atoms with Crippen LogP contribution in [0.2, 0.25) is 0 Å². The normalized spacial score (nSPS) is 32.9. The number of carbonyl (C=O) groups is 1. The van der Waals surface area contributed by atoms with Gasteiger partial charge in [-0.25, -0.2) is 0 Å². The number of carbonyl (C=O) groups excluding carboxylic acids is 1. The van der Waals surface area contributed by atoms with Crippen molar-refractivity contribution in [2.45, 2.75) is 58.0 Å². The van der Waals surface area contributed by atoms with Gasteiger partial charge in [0.25, 0.3) is 0 Å². The van der Waals surface area contributed by atoms with Crippen molar-refractivity contribution in [2.75, 3.05) is 6.54 Å². The molecule has 2 fully saturated rings. The summed E-state index contributed by atoms with van der Waals surface area (Å²) in [4.78, 5) is 12.1. The molecular weight excluding hydrogens is 202 g/mol. The van der Waals surface area contributed by atoms with E-state index in [4.69, 9.17) is 10.5 Å². The van der Waals surface area contributed by atoms with Crippen molar-refractivity contribution in [1.29, 1.82) is 0 Å². The average Bonchev–Trinajstić information content (AvgIpc) is 2.21. The second-order valence-electron chi connectivity index (χ2n) is 5.54. The summed E-state index contributed by atoms with van der Waals surface area (Å²) >= 11 is 0. The summed E-state index contributed by atoms with van der Waals surface area (Å²) in [5.74, 6) is 0.493. The molecule has 0 aromatic rings. The lowest BCUT2D eigenvalue weighted by atomic mass is 9.69. The molecule has 2 aliphatic rings. The minimum atomic E-state index is -0.322. The predicted octanol–water partition coefficient (Wildman–Crippen LogP) is 2.24. The Bertz CT molecular complexity index is 255. The van der Waals surface area contributed by atoms with Crippen molar-refractivity contribution in [2.24, 2.45) is 17.1 Å².